The highest BCUT2D eigenvalue weighted by Crippen LogP contribution is 2.23. The van der Waals surface area contributed by atoms with Crippen molar-refractivity contribution < 1.29 is 0 Å². The summed E-state index contributed by atoms with van der Waals surface area (Å²) in [5.74, 6) is 1.82. The average molecular weight is 380 g/mol. The molecule has 0 spiro atoms. The van der Waals surface area contributed by atoms with E-state index in [1.165, 1.54) is 5.56 Å². The summed E-state index contributed by atoms with van der Waals surface area (Å²) in [7, 11) is 4.15. The Morgan fingerprint density at radius 2 is 1.64 bits per heavy atom. The highest BCUT2D eigenvalue weighted by Gasteiger charge is 2.10. The third kappa shape index (κ3) is 4.92. The van der Waals surface area contributed by atoms with E-state index in [4.69, 9.17) is 4.98 Å². The van der Waals surface area contributed by atoms with Gasteiger partial charge in [-0.15, -0.1) is 0 Å². The highest BCUT2D eigenvalue weighted by atomic mass is 15.2. The Bertz CT molecular complexity index is 982. The quantitative estimate of drug-likeness (QED) is 0.605. The van der Waals surface area contributed by atoms with Crippen molar-refractivity contribution in [2.45, 2.75) is 34.1 Å². The number of anilines is 3. The number of aromatic nitrogens is 4. The molecule has 0 saturated carbocycles. The lowest BCUT2D eigenvalue weighted by atomic mass is 10.1. The minimum absolute atomic E-state index is 0.499. The molecule has 2 heterocycles. The molecule has 0 atom stereocenters. The smallest absolute Gasteiger partial charge is 0.231 e. The zero-order valence-electron chi connectivity index (χ0n) is 17.6. The summed E-state index contributed by atoms with van der Waals surface area (Å²) in [6, 6.07) is 6.21. The Kier molecular flexibility index (Phi) is 6.04. The van der Waals surface area contributed by atoms with Crippen LogP contribution in [0, 0.1) is 27.7 Å². The first-order chi connectivity index (χ1) is 13.3. The number of nitrogens with zero attached hydrogens (tertiary/aromatic N) is 5. The molecular weight excluding hydrogens is 350 g/mol. The van der Waals surface area contributed by atoms with Gasteiger partial charge in [0.2, 0.25) is 11.9 Å². The molecule has 0 saturated heterocycles. The first-order valence-corrected chi connectivity index (χ1v) is 9.59. The van der Waals surface area contributed by atoms with Crippen LogP contribution in [0.4, 0.5) is 17.7 Å². The second-order valence-electron chi connectivity index (χ2n) is 7.54. The van der Waals surface area contributed by atoms with Gasteiger partial charge in [0.25, 0.3) is 0 Å². The molecule has 0 bridgehead atoms. The molecule has 0 aliphatic carbocycles. The molecule has 0 unspecified atom stereocenters. The van der Waals surface area contributed by atoms with Gasteiger partial charge in [-0.05, 0) is 66.4 Å². The number of benzene rings is 1. The van der Waals surface area contributed by atoms with Crippen LogP contribution >= 0.6 is 0 Å². The first kappa shape index (κ1) is 19.9. The average Bonchev–Trinajstić information content (AvgIpc) is 2.59. The number of hydrogen-bond donors (Lipinski definition) is 2. The van der Waals surface area contributed by atoms with Crippen molar-refractivity contribution in [3.05, 3.63) is 40.7 Å². The van der Waals surface area contributed by atoms with E-state index in [0.29, 0.717) is 11.9 Å². The molecule has 0 amide bonds. The van der Waals surface area contributed by atoms with Gasteiger partial charge in [-0.2, -0.15) is 4.98 Å². The summed E-state index contributed by atoms with van der Waals surface area (Å²) in [5.41, 5.74) is 5.13. The number of hydrogen-bond acceptors (Lipinski definition) is 7. The monoisotopic (exact) mass is 379 g/mol. The molecule has 0 aliphatic heterocycles. The van der Waals surface area contributed by atoms with Crippen LogP contribution in [0.2, 0.25) is 0 Å². The summed E-state index contributed by atoms with van der Waals surface area (Å²) < 4.78 is 0. The molecule has 0 radical (unpaired) electrons. The number of nitrogens with one attached hydrogen (secondary N) is 2. The van der Waals surface area contributed by atoms with Crippen LogP contribution in [-0.4, -0.2) is 52.0 Å². The lowest BCUT2D eigenvalue weighted by Gasteiger charge is -2.12. The lowest BCUT2D eigenvalue weighted by molar-refractivity contribution is 0.405. The highest BCUT2D eigenvalue weighted by molar-refractivity contribution is 5.85. The normalized spacial score (nSPS) is 11.2. The molecule has 2 N–H and O–H groups in total. The Balaban J connectivity index is 1.81. The van der Waals surface area contributed by atoms with Gasteiger partial charge in [-0.25, -0.2) is 15.0 Å². The third-order valence-electron chi connectivity index (χ3n) is 4.49. The van der Waals surface area contributed by atoms with Crippen molar-refractivity contribution in [2.24, 2.45) is 0 Å². The molecule has 7 heteroatoms. The number of fused-ring (bicyclic) bond motifs is 1. The van der Waals surface area contributed by atoms with Gasteiger partial charge in [0.1, 0.15) is 5.82 Å². The van der Waals surface area contributed by atoms with Crippen molar-refractivity contribution in [2.75, 3.05) is 37.8 Å². The topological polar surface area (TPSA) is 78.9 Å². The third-order valence-corrected chi connectivity index (χ3v) is 4.49. The van der Waals surface area contributed by atoms with Crippen molar-refractivity contribution in [1.82, 2.24) is 24.8 Å². The Labute approximate surface area is 166 Å². The van der Waals surface area contributed by atoms with Gasteiger partial charge in [0.15, 0.2) is 0 Å². The molecule has 2 aromatic heterocycles. The van der Waals surface area contributed by atoms with E-state index in [2.05, 4.69) is 70.6 Å². The van der Waals surface area contributed by atoms with Crippen molar-refractivity contribution in [3.8, 4) is 0 Å². The van der Waals surface area contributed by atoms with Crippen LogP contribution in [0.25, 0.3) is 10.9 Å². The van der Waals surface area contributed by atoms with Gasteiger partial charge < -0.3 is 10.2 Å². The van der Waals surface area contributed by atoms with Crippen LogP contribution in [0.5, 0.6) is 0 Å². The second-order valence-corrected chi connectivity index (χ2v) is 7.54. The standard InChI is InChI=1S/C21H29N7/c1-13-10-14(2)19-17(11-13)16(4)24-21(26-19)27-20-23-15(3)12-18(25-20)22-8-7-9-28(5)6/h10-12H,7-9H2,1-6H3,(H2,22,23,24,25,26,27). The summed E-state index contributed by atoms with van der Waals surface area (Å²) in [6.45, 7) is 10.0. The number of aryl methyl sites for hydroxylation is 4. The minimum Gasteiger partial charge on any atom is -0.370 e. The van der Waals surface area contributed by atoms with Crippen molar-refractivity contribution in [3.63, 3.8) is 0 Å². The van der Waals surface area contributed by atoms with E-state index >= 15 is 0 Å². The molecule has 0 fully saturated rings. The van der Waals surface area contributed by atoms with Crippen molar-refractivity contribution in [1.29, 1.82) is 0 Å². The van der Waals surface area contributed by atoms with Crippen LogP contribution in [-0.2, 0) is 0 Å². The zero-order valence-corrected chi connectivity index (χ0v) is 17.6. The SMILES string of the molecule is Cc1cc(C)c2nc(Nc3nc(C)cc(NCCCN(C)C)n3)nc(C)c2c1. The maximum atomic E-state index is 4.70. The first-order valence-electron chi connectivity index (χ1n) is 9.59. The Morgan fingerprint density at radius 1 is 0.893 bits per heavy atom. The fourth-order valence-electron chi connectivity index (χ4n) is 3.22. The molecule has 3 aromatic rings. The van der Waals surface area contributed by atoms with E-state index in [0.717, 1.165) is 53.2 Å². The van der Waals surface area contributed by atoms with E-state index in [-0.39, 0.29) is 0 Å². The summed E-state index contributed by atoms with van der Waals surface area (Å²) in [5, 5.41) is 7.62. The van der Waals surface area contributed by atoms with Crippen LogP contribution < -0.4 is 10.6 Å². The van der Waals surface area contributed by atoms with E-state index in [1.807, 2.05) is 19.9 Å². The van der Waals surface area contributed by atoms with E-state index in [1.54, 1.807) is 0 Å². The van der Waals surface area contributed by atoms with Gasteiger partial charge in [-0.1, -0.05) is 11.6 Å². The summed E-state index contributed by atoms with van der Waals surface area (Å²) in [6.07, 6.45) is 1.05. The van der Waals surface area contributed by atoms with Crippen molar-refractivity contribution >= 4 is 28.6 Å². The van der Waals surface area contributed by atoms with Gasteiger partial charge in [-0.3, -0.25) is 5.32 Å². The molecule has 148 valence electrons. The van der Waals surface area contributed by atoms with Gasteiger partial charge >= 0.3 is 0 Å². The maximum Gasteiger partial charge on any atom is 0.231 e. The van der Waals surface area contributed by atoms with Gasteiger partial charge in [0, 0.05) is 23.7 Å². The molecule has 7 nitrogen and oxygen atoms in total. The van der Waals surface area contributed by atoms with E-state index < -0.39 is 0 Å². The lowest BCUT2D eigenvalue weighted by Crippen LogP contribution is -2.17. The Morgan fingerprint density at radius 3 is 2.39 bits per heavy atom. The summed E-state index contributed by atoms with van der Waals surface area (Å²) >= 11 is 0. The fraction of sp³-hybridized carbons (Fsp3) is 0.429. The largest absolute Gasteiger partial charge is 0.370 e. The zero-order chi connectivity index (χ0) is 20.3. The van der Waals surface area contributed by atoms with Crippen LogP contribution in [0.3, 0.4) is 0 Å². The van der Waals surface area contributed by atoms with E-state index in [9.17, 15) is 0 Å². The Hall–Kier alpha value is -2.80. The predicted molar refractivity (Wildman–Crippen MR) is 115 cm³/mol. The fourth-order valence-corrected chi connectivity index (χ4v) is 3.22. The predicted octanol–water partition coefficient (Wildman–Crippen LogP) is 3.76. The molecule has 28 heavy (non-hydrogen) atoms. The molecule has 0 aliphatic rings. The number of rotatable bonds is 7. The molecule has 3 rings (SSSR count). The molecule has 1 aromatic carbocycles. The summed E-state index contributed by atoms with van der Waals surface area (Å²) in [4.78, 5) is 20.5. The second kappa shape index (κ2) is 8.48. The minimum atomic E-state index is 0.499. The van der Waals surface area contributed by atoms with Gasteiger partial charge in [0.05, 0.1) is 11.2 Å². The van der Waals surface area contributed by atoms with Crippen LogP contribution in [0.15, 0.2) is 18.2 Å². The molecular formula is C21H29N7. The van der Waals surface area contributed by atoms with Crippen LogP contribution in [0.1, 0.15) is 28.9 Å². The maximum absolute atomic E-state index is 4.70.